The first-order valence-electron chi connectivity index (χ1n) is 6.57. The summed E-state index contributed by atoms with van der Waals surface area (Å²) < 4.78 is 57.1. The third kappa shape index (κ3) is 4.76. The molecule has 0 amide bonds. The number of halogens is 4. The van der Waals surface area contributed by atoms with Crippen molar-refractivity contribution < 1.29 is 22.3 Å². The van der Waals surface area contributed by atoms with Crippen molar-refractivity contribution in [2.24, 2.45) is 0 Å². The van der Waals surface area contributed by atoms with Crippen LogP contribution in [-0.4, -0.2) is 19.8 Å². The molecular formula is C14H19F4NO. The average Bonchev–Trinajstić information content (AvgIpc) is 2.39. The van der Waals surface area contributed by atoms with E-state index >= 15 is 0 Å². The van der Waals surface area contributed by atoms with Crippen molar-refractivity contribution in [2.75, 3.05) is 19.8 Å². The maximum Gasteiger partial charge on any atom is 0.416 e. The summed E-state index contributed by atoms with van der Waals surface area (Å²) in [6.07, 6.45) is -3.69. The minimum Gasteiger partial charge on any atom is -0.380 e. The van der Waals surface area contributed by atoms with Crippen LogP contribution in [0.4, 0.5) is 17.6 Å². The number of nitrogens with one attached hydrogen (secondary N) is 1. The predicted octanol–water partition coefficient (Wildman–Crippen LogP) is 3.92. The van der Waals surface area contributed by atoms with Crippen LogP contribution in [0.15, 0.2) is 18.2 Å². The van der Waals surface area contributed by atoms with Gasteiger partial charge in [0.05, 0.1) is 18.2 Å². The molecule has 0 aliphatic heterocycles. The van der Waals surface area contributed by atoms with E-state index in [0.717, 1.165) is 24.6 Å². The van der Waals surface area contributed by atoms with Crippen LogP contribution in [0.5, 0.6) is 0 Å². The second kappa shape index (κ2) is 7.59. The first kappa shape index (κ1) is 16.9. The van der Waals surface area contributed by atoms with Crippen LogP contribution in [0.3, 0.4) is 0 Å². The molecule has 1 unspecified atom stereocenters. The smallest absolute Gasteiger partial charge is 0.380 e. The molecule has 1 N–H and O–H groups in total. The molecule has 6 heteroatoms. The summed E-state index contributed by atoms with van der Waals surface area (Å²) in [6, 6.07) is 1.86. The van der Waals surface area contributed by atoms with Gasteiger partial charge in [-0.05, 0) is 38.1 Å². The zero-order valence-electron chi connectivity index (χ0n) is 11.6. The Morgan fingerprint density at radius 1 is 1.25 bits per heavy atom. The van der Waals surface area contributed by atoms with Gasteiger partial charge in [0.25, 0.3) is 0 Å². The molecule has 20 heavy (non-hydrogen) atoms. The monoisotopic (exact) mass is 293 g/mol. The van der Waals surface area contributed by atoms with E-state index in [1.807, 2.05) is 6.92 Å². The van der Waals surface area contributed by atoms with Gasteiger partial charge < -0.3 is 10.1 Å². The summed E-state index contributed by atoms with van der Waals surface area (Å²) in [5, 5.41) is 3.01. The second-order valence-corrected chi connectivity index (χ2v) is 4.40. The molecule has 0 spiro atoms. The number of hydrogen-bond donors (Lipinski definition) is 1. The van der Waals surface area contributed by atoms with Crippen LogP contribution in [0, 0.1) is 5.82 Å². The van der Waals surface area contributed by atoms with Crippen LogP contribution in [0.2, 0.25) is 0 Å². The topological polar surface area (TPSA) is 21.3 Å². The lowest BCUT2D eigenvalue weighted by Gasteiger charge is -2.20. The summed E-state index contributed by atoms with van der Waals surface area (Å²) in [7, 11) is 0. The molecule has 1 aromatic rings. The maximum absolute atomic E-state index is 13.8. The summed E-state index contributed by atoms with van der Waals surface area (Å²) in [5.74, 6) is -0.661. The molecule has 0 aliphatic carbocycles. The van der Waals surface area contributed by atoms with E-state index in [1.165, 1.54) is 0 Å². The van der Waals surface area contributed by atoms with Crippen molar-refractivity contribution in [3.05, 3.63) is 35.1 Å². The molecule has 2 nitrogen and oxygen atoms in total. The minimum absolute atomic E-state index is 0.0123. The molecule has 0 saturated heterocycles. The quantitative estimate of drug-likeness (QED) is 0.769. The molecule has 1 aromatic carbocycles. The third-order valence-electron chi connectivity index (χ3n) is 2.83. The summed E-state index contributed by atoms with van der Waals surface area (Å²) in [5.41, 5.74) is -0.865. The van der Waals surface area contributed by atoms with Crippen LogP contribution in [0.25, 0.3) is 0 Å². The van der Waals surface area contributed by atoms with Gasteiger partial charge in [0, 0.05) is 12.2 Å². The lowest BCUT2D eigenvalue weighted by molar-refractivity contribution is -0.137. The standard InChI is InChI=1S/C14H19F4NO/c1-3-7-19-13(9-20-4-2)11-8-10(14(16,17)18)5-6-12(11)15/h5-6,8,13,19H,3-4,7,9H2,1-2H3. The SMILES string of the molecule is CCCNC(COCC)c1cc(C(F)(F)F)ccc1F. The maximum atomic E-state index is 13.8. The van der Waals surface area contributed by atoms with Crippen LogP contribution >= 0.6 is 0 Å². The highest BCUT2D eigenvalue weighted by Gasteiger charge is 2.32. The molecule has 114 valence electrons. The van der Waals surface area contributed by atoms with Crippen LogP contribution < -0.4 is 5.32 Å². The Morgan fingerprint density at radius 2 is 1.95 bits per heavy atom. The fourth-order valence-electron chi connectivity index (χ4n) is 1.80. The molecule has 1 rings (SSSR count). The van der Waals surface area contributed by atoms with E-state index < -0.39 is 23.6 Å². The van der Waals surface area contributed by atoms with E-state index in [2.05, 4.69) is 5.32 Å². The Labute approximate surface area is 116 Å². The Bertz CT molecular complexity index is 412. The minimum atomic E-state index is -4.48. The van der Waals surface area contributed by atoms with Crippen molar-refractivity contribution in [3.8, 4) is 0 Å². The molecule has 0 fully saturated rings. The summed E-state index contributed by atoms with van der Waals surface area (Å²) in [6.45, 7) is 4.83. The van der Waals surface area contributed by atoms with Gasteiger partial charge in [0.15, 0.2) is 0 Å². The lowest BCUT2D eigenvalue weighted by atomic mass is 10.0. The van der Waals surface area contributed by atoms with Crippen LogP contribution in [0.1, 0.15) is 37.4 Å². The highest BCUT2D eigenvalue weighted by molar-refractivity contribution is 5.29. The van der Waals surface area contributed by atoms with Gasteiger partial charge >= 0.3 is 6.18 Å². The van der Waals surface area contributed by atoms with Gasteiger partial charge in [-0.2, -0.15) is 13.2 Å². The van der Waals surface area contributed by atoms with Crippen molar-refractivity contribution in [1.29, 1.82) is 0 Å². The number of rotatable bonds is 7. The predicted molar refractivity (Wildman–Crippen MR) is 68.9 cm³/mol. The lowest BCUT2D eigenvalue weighted by Crippen LogP contribution is -2.27. The highest BCUT2D eigenvalue weighted by Crippen LogP contribution is 2.32. The molecular weight excluding hydrogens is 274 g/mol. The van der Waals surface area contributed by atoms with Gasteiger partial charge in [-0.15, -0.1) is 0 Å². The summed E-state index contributed by atoms with van der Waals surface area (Å²) >= 11 is 0. The number of hydrogen-bond acceptors (Lipinski definition) is 2. The first-order valence-corrected chi connectivity index (χ1v) is 6.57. The Kier molecular flexibility index (Phi) is 6.42. The highest BCUT2D eigenvalue weighted by atomic mass is 19.4. The van der Waals surface area contributed by atoms with Gasteiger partial charge in [0.2, 0.25) is 0 Å². The number of benzene rings is 1. The van der Waals surface area contributed by atoms with Crippen molar-refractivity contribution in [1.82, 2.24) is 5.32 Å². The largest absolute Gasteiger partial charge is 0.416 e. The molecule has 1 atom stereocenters. The zero-order valence-corrected chi connectivity index (χ0v) is 11.6. The van der Waals surface area contributed by atoms with Crippen LogP contribution in [-0.2, 0) is 10.9 Å². The van der Waals surface area contributed by atoms with Gasteiger partial charge in [0.1, 0.15) is 5.82 Å². The molecule has 0 aromatic heterocycles. The van der Waals surface area contributed by atoms with Gasteiger partial charge in [-0.1, -0.05) is 6.92 Å². The second-order valence-electron chi connectivity index (χ2n) is 4.40. The Balaban J connectivity index is 3.03. The van der Waals surface area contributed by atoms with E-state index in [9.17, 15) is 17.6 Å². The molecule has 0 radical (unpaired) electrons. The van der Waals surface area contributed by atoms with E-state index in [0.29, 0.717) is 13.2 Å². The van der Waals surface area contributed by atoms with Crippen molar-refractivity contribution >= 4 is 0 Å². The van der Waals surface area contributed by atoms with E-state index in [4.69, 9.17) is 4.74 Å². The molecule has 0 heterocycles. The average molecular weight is 293 g/mol. The van der Waals surface area contributed by atoms with E-state index in [-0.39, 0.29) is 12.2 Å². The Hall–Kier alpha value is -1.14. The van der Waals surface area contributed by atoms with Crippen molar-refractivity contribution in [3.63, 3.8) is 0 Å². The first-order chi connectivity index (χ1) is 9.40. The molecule has 0 aliphatic rings. The molecule has 0 saturated carbocycles. The Morgan fingerprint density at radius 3 is 2.50 bits per heavy atom. The van der Waals surface area contributed by atoms with Crippen molar-refractivity contribution in [2.45, 2.75) is 32.5 Å². The summed E-state index contributed by atoms with van der Waals surface area (Å²) in [4.78, 5) is 0. The normalized spacial score (nSPS) is 13.5. The van der Waals surface area contributed by atoms with Gasteiger partial charge in [-0.25, -0.2) is 4.39 Å². The zero-order chi connectivity index (χ0) is 15.2. The fourth-order valence-corrected chi connectivity index (χ4v) is 1.80. The van der Waals surface area contributed by atoms with Gasteiger partial charge in [-0.3, -0.25) is 0 Å². The fraction of sp³-hybridized carbons (Fsp3) is 0.571. The number of alkyl halides is 3. The molecule has 0 bridgehead atoms. The third-order valence-corrected chi connectivity index (χ3v) is 2.83. The number of ether oxygens (including phenoxy) is 1. The van der Waals surface area contributed by atoms with E-state index in [1.54, 1.807) is 6.92 Å².